The molecule has 0 amide bonds. The van der Waals surface area contributed by atoms with Crippen LogP contribution in [0.1, 0.15) is 39.0 Å². The van der Waals surface area contributed by atoms with Crippen LogP contribution >= 0.6 is 0 Å². The van der Waals surface area contributed by atoms with Gasteiger partial charge in [0.1, 0.15) is 5.84 Å². The fourth-order valence-electron chi connectivity index (χ4n) is 2.23. The van der Waals surface area contributed by atoms with Gasteiger partial charge in [0.15, 0.2) is 0 Å². The van der Waals surface area contributed by atoms with Crippen molar-refractivity contribution in [2.75, 3.05) is 19.6 Å². The van der Waals surface area contributed by atoms with E-state index in [9.17, 15) is 0 Å². The molecular weight excluding hydrogens is 190 g/mol. The van der Waals surface area contributed by atoms with Gasteiger partial charge in [0, 0.05) is 13.0 Å². The highest BCUT2D eigenvalue weighted by Crippen LogP contribution is 2.21. The second-order valence-corrected chi connectivity index (χ2v) is 4.42. The van der Waals surface area contributed by atoms with Gasteiger partial charge in [0.2, 0.25) is 0 Å². The Bertz CT molecular complexity index is 198. The number of likely N-dealkylation sites (tertiary alicyclic amines) is 1. The second kappa shape index (κ2) is 6.67. The van der Waals surface area contributed by atoms with Crippen molar-refractivity contribution in [2.45, 2.75) is 39.0 Å². The molecule has 0 unspecified atom stereocenters. The normalized spacial score (nSPS) is 20.7. The minimum atomic E-state index is 0.339. The molecule has 1 aliphatic rings. The summed E-state index contributed by atoms with van der Waals surface area (Å²) in [6.07, 6.45) is 5.96. The first-order valence-electron chi connectivity index (χ1n) is 5.95. The Balaban J connectivity index is 2.14. The Kier molecular flexibility index (Phi) is 5.47. The Morgan fingerprint density at radius 2 is 2.13 bits per heavy atom. The van der Waals surface area contributed by atoms with E-state index in [0.29, 0.717) is 12.3 Å². The lowest BCUT2D eigenvalue weighted by atomic mass is 9.92. The third-order valence-corrected chi connectivity index (χ3v) is 3.22. The van der Waals surface area contributed by atoms with Gasteiger partial charge in [-0.2, -0.15) is 0 Å². The minimum absolute atomic E-state index is 0.339. The number of amidine groups is 1. The molecule has 1 fully saturated rings. The zero-order chi connectivity index (χ0) is 11.1. The molecule has 1 aliphatic heterocycles. The molecule has 4 nitrogen and oxygen atoms in total. The monoisotopic (exact) mass is 213 g/mol. The van der Waals surface area contributed by atoms with Crippen LogP contribution in [0.15, 0.2) is 5.16 Å². The van der Waals surface area contributed by atoms with Crippen molar-refractivity contribution in [3.8, 4) is 0 Å². The first kappa shape index (κ1) is 12.3. The molecule has 15 heavy (non-hydrogen) atoms. The molecule has 4 heteroatoms. The molecule has 0 aromatic rings. The maximum Gasteiger partial charge on any atom is 0.140 e. The molecule has 0 spiro atoms. The smallest absolute Gasteiger partial charge is 0.140 e. The summed E-state index contributed by atoms with van der Waals surface area (Å²) in [6, 6.07) is 0. The lowest BCUT2D eigenvalue weighted by Crippen LogP contribution is -2.35. The Hall–Kier alpha value is -0.770. The average Bonchev–Trinajstić information content (AvgIpc) is 2.28. The van der Waals surface area contributed by atoms with E-state index in [1.165, 1.54) is 38.8 Å². The molecule has 1 rings (SSSR count). The van der Waals surface area contributed by atoms with Gasteiger partial charge in [-0.1, -0.05) is 24.9 Å². The molecule has 3 N–H and O–H groups in total. The topological polar surface area (TPSA) is 61.8 Å². The van der Waals surface area contributed by atoms with E-state index in [1.54, 1.807) is 0 Å². The highest BCUT2D eigenvalue weighted by molar-refractivity contribution is 5.79. The molecular formula is C11H23N3O. The standard InChI is InChI=1S/C11H23N3O/c1-2-3-10-4-7-14(8-5-10)9-6-11(12)13-15/h10,15H,2-9H2,1H3,(H2,12,13). The maximum absolute atomic E-state index is 8.42. The highest BCUT2D eigenvalue weighted by atomic mass is 16.4. The summed E-state index contributed by atoms with van der Waals surface area (Å²) in [5, 5.41) is 11.4. The summed E-state index contributed by atoms with van der Waals surface area (Å²) in [5.74, 6) is 1.26. The molecule has 0 bridgehead atoms. The first-order chi connectivity index (χ1) is 7.26. The van der Waals surface area contributed by atoms with Crippen LogP contribution in [0.4, 0.5) is 0 Å². The molecule has 0 atom stereocenters. The van der Waals surface area contributed by atoms with Gasteiger partial charge in [-0.3, -0.25) is 0 Å². The van der Waals surface area contributed by atoms with Crippen molar-refractivity contribution in [1.82, 2.24) is 4.90 Å². The van der Waals surface area contributed by atoms with E-state index >= 15 is 0 Å². The van der Waals surface area contributed by atoms with Gasteiger partial charge in [-0.05, 0) is 31.8 Å². The SMILES string of the molecule is CCCC1CCN(CCC(N)=NO)CC1. The number of hydrogen-bond donors (Lipinski definition) is 2. The number of rotatable bonds is 5. The maximum atomic E-state index is 8.42. The van der Waals surface area contributed by atoms with Crippen molar-refractivity contribution < 1.29 is 5.21 Å². The van der Waals surface area contributed by atoms with E-state index in [0.717, 1.165) is 12.5 Å². The lowest BCUT2D eigenvalue weighted by Gasteiger charge is -2.31. The minimum Gasteiger partial charge on any atom is -0.409 e. The van der Waals surface area contributed by atoms with Crippen LogP contribution in [0.2, 0.25) is 0 Å². The van der Waals surface area contributed by atoms with Crippen molar-refractivity contribution in [2.24, 2.45) is 16.8 Å². The lowest BCUT2D eigenvalue weighted by molar-refractivity contribution is 0.182. The van der Waals surface area contributed by atoms with Crippen molar-refractivity contribution in [1.29, 1.82) is 0 Å². The van der Waals surface area contributed by atoms with Gasteiger partial charge in [0.25, 0.3) is 0 Å². The number of nitrogens with zero attached hydrogens (tertiary/aromatic N) is 2. The van der Waals surface area contributed by atoms with Crippen molar-refractivity contribution in [3.05, 3.63) is 0 Å². The highest BCUT2D eigenvalue weighted by Gasteiger charge is 2.17. The third kappa shape index (κ3) is 4.51. The van der Waals surface area contributed by atoms with Gasteiger partial charge < -0.3 is 15.8 Å². The van der Waals surface area contributed by atoms with Gasteiger partial charge in [-0.15, -0.1) is 0 Å². The Morgan fingerprint density at radius 1 is 1.47 bits per heavy atom. The van der Waals surface area contributed by atoms with E-state index in [1.807, 2.05) is 0 Å². The summed E-state index contributed by atoms with van der Waals surface area (Å²) in [4.78, 5) is 2.41. The predicted molar refractivity (Wildman–Crippen MR) is 62.1 cm³/mol. The fraction of sp³-hybridized carbons (Fsp3) is 0.909. The van der Waals surface area contributed by atoms with Crippen LogP contribution in [-0.4, -0.2) is 35.6 Å². The van der Waals surface area contributed by atoms with Crippen LogP contribution in [0.25, 0.3) is 0 Å². The molecule has 0 aliphatic carbocycles. The summed E-state index contributed by atoms with van der Waals surface area (Å²) in [5.41, 5.74) is 5.44. The summed E-state index contributed by atoms with van der Waals surface area (Å²) in [7, 11) is 0. The Labute approximate surface area is 92.1 Å². The largest absolute Gasteiger partial charge is 0.409 e. The predicted octanol–water partition coefficient (Wildman–Crippen LogP) is 1.63. The van der Waals surface area contributed by atoms with Crippen LogP contribution in [-0.2, 0) is 0 Å². The van der Waals surface area contributed by atoms with Gasteiger partial charge >= 0.3 is 0 Å². The summed E-state index contributed by atoms with van der Waals surface area (Å²) < 4.78 is 0. The number of oxime groups is 1. The third-order valence-electron chi connectivity index (χ3n) is 3.22. The van der Waals surface area contributed by atoms with E-state index < -0.39 is 0 Å². The molecule has 0 radical (unpaired) electrons. The molecule has 0 aromatic carbocycles. The molecule has 0 aromatic heterocycles. The van der Waals surface area contributed by atoms with Crippen LogP contribution < -0.4 is 5.73 Å². The summed E-state index contributed by atoms with van der Waals surface area (Å²) in [6.45, 7) is 5.52. The Morgan fingerprint density at radius 3 is 2.67 bits per heavy atom. The number of nitrogens with two attached hydrogens (primary N) is 1. The zero-order valence-corrected chi connectivity index (χ0v) is 9.65. The molecule has 1 saturated heterocycles. The number of hydrogen-bond acceptors (Lipinski definition) is 3. The molecule has 1 heterocycles. The summed E-state index contributed by atoms with van der Waals surface area (Å²) >= 11 is 0. The van der Waals surface area contributed by atoms with Crippen molar-refractivity contribution in [3.63, 3.8) is 0 Å². The van der Waals surface area contributed by atoms with Gasteiger partial charge in [-0.25, -0.2) is 0 Å². The van der Waals surface area contributed by atoms with E-state index in [-0.39, 0.29) is 0 Å². The van der Waals surface area contributed by atoms with Gasteiger partial charge in [0.05, 0.1) is 0 Å². The van der Waals surface area contributed by atoms with Crippen LogP contribution in [0, 0.1) is 5.92 Å². The fourth-order valence-corrected chi connectivity index (χ4v) is 2.23. The number of piperidine rings is 1. The molecule has 0 saturated carbocycles. The van der Waals surface area contributed by atoms with Crippen LogP contribution in [0.5, 0.6) is 0 Å². The first-order valence-corrected chi connectivity index (χ1v) is 5.95. The zero-order valence-electron chi connectivity index (χ0n) is 9.65. The van der Waals surface area contributed by atoms with E-state index in [4.69, 9.17) is 10.9 Å². The van der Waals surface area contributed by atoms with Crippen LogP contribution in [0.3, 0.4) is 0 Å². The second-order valence-electron chi connectivity index (χ2n) is 4.42. The molecule has 88 valence electrons. The average molecular weight is 213 g/mol. The van der Waals surface area contributed by atoms with Crippen molar-refractivity contribution >= 4 is 5.84 Å². The van der Waals surface area contributed by atoms with E-state index in [2.05, 4.69) is 17.0 Å². The quantitative estimate of drug-likeness (QED) is 0.316.